The quantitative estimate of drug-likeness (QED) is 0.711. The van der Waals surface area contributed by atoms with Crippen molar-refractivity contribution in [1.82, 2.24) is 5.32 Å². The number of phenolic OH excluding ortho intramolecular Hbond substituents is 1. The molecule has 0 aromatic heterocycles. The van der Waals surface area contributed by atoms with Crippen LogP contribution in [-0.4, -0.2) is 29.9 Å². The predicted octanol–water partition coefficient (Wildman–Crippen LogP) is 4.64. The van der Waals surface area contributed by atoms with E-state index in [0.29, 0.717) is 22.3 Å². The third kappa shape index (κ3) is 6.20. The first kappa shape index (κ1) is 22.2. The summed E-state index contributed by atoms with van der Waals surface area (Å²) in [5, 5.41) is 12.9. The largest absolute Gasteiger partial charge is 0.507 e. The van der Waals surface area contributed by atoms with Crippen LogP contribution >= 0.6 is 0 Å². The highest BCUT2D eigenvalue weighted by Crippen LogP contribution is 2.34. The molecule has 2 aromatic rings. The summed E-state index contributed by atoms with van der Waals surface area (Å²) in [5.74, 6) is -1.23. The number of phenols is 1. The van der Waals surface area contributed by atoms with Crippen molar-refractivity contribution in [3.05, 3.63) is 53.3 Å². The standard InChI is InChI=1S/C22H26FNO5/c1-13-9-16(23)11-18(25)20(13)15-8-6-7-14(10-15)17(12-19(26)28-5)24-21(27)29-22(2,3)4/h6-11,17,25H,12H2,1-5H3,(H,24,27)/t17-/m0/s1. The highest BCUT2D eigenvalue weighted by molar-refractivity contribution is 5.76. The smallest absolute Gasteiger partial charge is 0.408 e. The van der Waals surface area contributed by atoms with Gasteiger partial charge < -0.3 is 19.9 Å². The first-order chi connectivity index (χ1) is 13.5. The Morgan fingerprint density at radius 3 is 2.48 bits per heavy atom. The summed E-state index contributed by atoms with van der Waals surface area (Å²) in [5.41, 5.74) is 1.57. The Kier molecular flexibility index (Phi) is 6.84. The molecule has 0 unspecified atom stereocenters. The average molecular weight is 403 g/mol. The average Bonchev–Trinajstić information content (AvgIpc) is 2.58. The van der Waals surface area contributed by atoms with Gasteiger partial charge in [0, 0.05) is 11.6 Å². The van der Waals surface area contributed by atoms with Gasteiger partial charge in [-0.05, 0) is 56.5 Å². The first-order valence-electron chi connectivity index (χ1n) is 9.16. The Morgan fingerprint density at radius 1 is 1.21 bits per heavy atom. The number of carbonyl (C=O) groups excluding carboxylic acids is 2. The number of rotatable bonds is 5. The van der Waals surface area contributed by atoms with Gasteiger partial charge in [0.25, 0.3) is 0 Å². The highest BCUT2D eigenvalue weighted by Gasteiger charge is 2.23. The van der Waals surface area contributed by atoms with E-state index in [4.69, 9.17) is 9.47 Å². The Labute approximate surface area is 169 Å². The fourth-order valence-corrected chi connectivity index (χ4v) is 2.96. The number of ether oxygens (including phenoxy) is 2. The van der Waals surface area contributed by atoms with Crippen LogP contribution < -0.4 is 5.32 Å². The zero-order valence-corrected chi connectivity index (χ0v) is 17.2. The number of alkyl carbamates (subject to hydrolysis) is 1. The molecule has 2 N–H and O–H groups in total. The summed E-state index contributed by atoms with van der Waals surface area (Å²) in [6.07, 6.45) is -0.772. The molecule has 0 fully saturated rings. The normalized spacial score (nSPS) is 12.2. The number of halogens is 1. The first-order valence-corrected chi connectivity index (χ1v) is 9.16. The number of aromatic hydroxyl groups is 1. The van der Waals surface area contributed by atoms with Crippen molar-refractivity contribution in [2.75, 3.05) is 7.11 Å². The number of nitrogens with one attached hydrogen (secondary N) is 1. The van der Waals surface area contributed by atoms with Gasteiger partial charge in [-0.25, -0.2) is 9.18 Å². The fourth-order valence-electron chi connectivity index (χ4n) is 2.96. The molecule has 0 saturated heterocycles. The minimum Gasteiger partial charge on any atom is -0.507 e. The van der Waals surface area contributed by atoms with Crippen molar-refractivity contribution in [3.63, 3.8) is 0 Å². The molecule has 2 rings (SSSR count). The number of hydrogen-bond donors (Lipinski definition) is 2. The van der Waals surface area contributed by atoms with E-state index >= 15 is 0 Å². The zero-order valence-electron chi connectivity index (χ0n) is 17.2. The van der Waals surface area contributed by atoms with E-state index in [0.717, 1.165) is 6.07 Å². The Bertz CT molecular complexity index is 881. The molecule has 0 bridgehead atoms. The Balaban J connectivity index is 2.40. The molecule has 156 valence electrons. The van der Waals surface area contributed by atoms with Crippen LogP contribution in [0.5, 0.6) is 5.75 Å². The van der Waals surface area contributed by atoms with Crippen molar-refractivity contribution in [2.24, 2.45) is 0 Å². The molecule has 0 spiro atoms. The topological polar surface area (TPSA) is 84.9 Å². The number of aryl methyl sites for hydroxylation is 1. The van der Waals surface area contributed by atoms with Gasteiger partial charge in [-0.2, -0.15) is 0 Å². The lowest BCUT2D eigenvalue weighted by Gasteiger charge is -2.24. The number of amides is 1. The zero-order chi connectivity index (χ0) is 21.8. The molecular weight excluding hydrogens is 377 g/mol. The van der Waals surface area contributed by atoms with Crippen molar-refractivity contribution >= 4 is 12.1 Å². The van der Waals surface area contributed by atoms with Gasteiger partial charge in [0.05, 0.1) is 19.6 Å². The summed E-state index contributed by atoms with van der Waals surface area (Å²) in [6.45, 7) is 6.91. The lowest BCUT2D eigenvalue weighted by atomic mass is 9.95. The van der Waals surface area contributed by atoms with Crippen molar-refractivity contribution in [2.45, 2.75) is 45.8 Å². The van der Waals surface area contributed by atoms with Gasteiger partial charge in [-0.3, -0.25) is 4.79 Å². The van der Waals surface area contributed by atoms with Crippen molar-refractivity contribution < 1.29 is 28.6 Å². The minimum absolute atomic E-state index is 0.104. The van der Waals surface area contributed by atoms with Crippen LogP contribution in [0.4, 0.5) is 9.18 Å². The van der Waals surface area contributed by atoms with E-state index in [1.165, 1.54) is 13.2 Å². The van der Waals surface area contributed by atoms with E-state index in [9.17, 15) is 19.1 Å². The Hall–Kier alpha value is -3.09. The maximum atomic E-state index is 13.5. The second-order valence-corrected chi connectivity index (χ2v) is 7.72. The van der Waals surface area contributed by atoms with E-state index < -0.39 is 29.5 Å². The van der Waals surface area contributed by atoms with Crippen LogP contribution in [-0.2, 0) is 14.3 Å². The predicted molar refractivity (Wildman–Crippen MR) is 107 cm³/mol. The van der Waals surface area contributed by atoms with Gasteiger partial charge in [0.2, 0.25) is 0 Å². The lowest BCUT2D eigenvalue weighted by molar-refractivity contribution is -0.141. The van der Waals surface area contributed by atoms with Crippen LogP contribution in [0, 0.1) is 12.7 Å². The number of benzene rings is 2. The molecule has 1 amide bonds. The summed E-state index contributed by atoms with van der Waals surface area (Å²) in [6, 6.07) is 8.61. The van der Waals surface area contributed by atoms with Crippen LogP contribution in [0.1, 0.15) is 44.4 Å². The monoisotopic (exact) mass is 403 g/mol. The Morgan fingerprint density at radius 2 is 1.90 bits per heavy atom. The maximum absolute atomic E-state index is 13.5. The number of methoxy groups -OCH3 is 1. The summed E-state index contributed by atoms with van der Waals surface area (Å²) < 4.78 is 23.5. The molecule has 0 heterocycles. The molecule has 1 atom stereocenters. The molecule has 6 nitrogen and oxygen atoms in total. The fraction of sp³-hybridized carbons (Fsp3) is 0.364. The van der Waals surface area contributed by atoms with E-state index in [-0.39, 0.29) is 12.2 Å². The van der Waals surface area contributed by atoms with E-state index in [2.05, 4.69) is 5.32 Å². The van der Waals surface area contributed by atoms with E-state index in [1.807, 2.05) is 0 Å². The molecule has 0 aliphatic rings. The van der Waals surface area contributed by atoms with Gasteiger partial charge in [-0.15, -0.1) is 0 Å². The van der Waals surface area contributed by atoms with Gasteiger partial charge in [-0.1, -0.05) is 18.2 Å². The van der Waals surface area contributed by atoms with Crippen molar-refractivity contribution in [3.8, 4) is 16.9 Å². The molecule has 0 aliphatic carbocycles. The maximum Gasteiger partial charge on any atom is 0.408 e. The second kappa shape index (κ2) is 8.94. The molecule has 0 saturated carbocycles. The van der Waals surface area contributed by atoms with Crippen LogP contribution in [0.2, 0.25) is 0 Å². The molecular formula is C22H26FNO5. The van der Waals surface area contributed by atoms with Crippen LogP contribution in [0.3, 0.4) is 0 Å². The molecule has 29 heavy (non-hydrogen) atoms. The molecule has 7 heteroatoms. The van der Waals surface area contributed by atoms with E-state index in [1.54, 1.807) is 52.0 Å². The molecule has 2 aromatic carbocycles. The lowest BCUT2D eigenvalue weighted by Crippen LogP contribution is -2.36. The summed E-state index contributed by atoms with van der Waals surface area (Å²) in [4.78, 5) is 24.1. The molecule has 0 radical (unpaired) electrons. The SMILES string of the molecule is COC(=O)C[C@H](NC(=O)OC(C)(C)C)c1cccc(-c2c(C)cc(F)cc2O)c1. The molecule has 0 aliphatic heterocycles. The van der Waals surface area contributed by atoms with Crippen molar-refractivity contribution in [1.29, 1.82) is 0 Å². The summed E-state index contributed by atoms with van der Waals surface area (Å²) in [7, 11) is 1.27. The van der Waals surface area contributed by atoms with Crippen LogP contribution in [0.15, 0.2) is 36.4 Å². The minimum atomic E-state index is -0.708. The van der Waals surface area contributed by atoms with Gasteiger partial charge >= 0.3 is 12.1 Å². The van der Waals surface area contributed by atoms with Crippen LogP contribution in [0.25, 0.3) is 11.1 Å². The number of hydrogen-bond acceptors (Lipinski definition) is 5. The second-order valence-electron chi connectivity index (χ2n) is 7.72. The number of carbonyl (C=O) groups is 2. The van der Waals surface area contributed by atoms with Gasteiger partial charge in [0.1, 0.15) is 17.2 Å². The number of esters is 1. The van der Waals surface area contributed by atoms with Gasteiger partial charge in [0.15, 0.2) is 0 Å². The summed E-state index contributed by atoms with van der Waals surface area (Å²) >= 11 is 0. The third-order valence-corrected chi connectivity index (χ3v) is 4.15. The highest BCUT2D eigenvalue weighted by atomic mass is 19.1. The third-order valence-electron chi connectivity index (χ3n) is 4.15.